The molecule has 106 valence electrons. The number of rotatable bonds is 5. The van der Waals surface area contributed by atoms with Crippen LogP contribution in [0.25, 0.3) is 0 Å². The minimum absolute atomic E-state index is 0.129. The highest BCUT2D eigenvalue weighted by atomic mass is 16.5. The predicted octanol–water partition coefficient (Wildman–Crippen LogP) is 2.87. The number of hydrogen-bond donors (Lipinski definition) is 1. The van der Waals surface area contributed by atoms with Crippen molar-refractivity contribution >= 4 is 0 Å². The quantitative estimate of drug-likeness (QED) is 0.821. The van der Waals surface area contributed by atoms with E-state index in [9.17, 15) is 0 Å². The number of ether oxygens (including phenoxy) is 2. The summed E-state index contributed by atoms with van der Waals surface area (Å²) >= 11 is 0. The van der Waals surface area contributed by atoms with Crippen LogP contribution < -0.4 is 5.73 Å². The Morgan fingerprint density at radius 1 is 1.44 bits per heavy atom. The van der Waals surface area contributed by atoms with Crippen molar-refractivity contribution in [3.05, 3.63) is 0 Å². The van der Waals surface area contributed by atoms with Crippen molar-refractivity contribution in [2.45, 2.75) is 76.5 Å². The molecule has 18 heavy (non-hydrogen) atoms. The first-order valence-electron chi connectivity index (χ1n) is 7.59. The maximum Gasteiger partial charge on any atom is 0.0804 e. The maximum absolute atomic E-state index is 6.54. The molecule has 3 unspecified atom stereocenters. The maximum atomic E-state index is 6.54. The van der Waals surface area contributed by atoms with E-state index in [1.165, 1.54) is 19.3 Å². The predicted molar refractivity (Wildman–Crippen MR) is 73.6 cm³/mol. The Labute approximate surface area is 111 Å². The van der Waals surface area contributed by atoms with Gasteiger partial charge in [-0.2, -0.15) is 0 Å². The van der Waals surface area contributed by atoms with Gasteiger partial charge in [0.15, 0.2) is 0 Å². The molecular weight excluding hydrogens is 226 g/mol. The Morgan fingerprint density at radius 3 is 2.67 bits per heavy atom. The van der Waals surface area contributed by atoms with Gasteiger partial charge in [-0.1, -0.05) is 6.92 Å². The third kappa shape index (κ3) is 2.59. The van der Waals surface area contributed by atoms with Gasteiger partial charge in [-0.05, 0) is 58.3 Å². The SMILES string of the molecule is CCOC(C)(CC)C(N)C1CCOC2(CCC2)C1. The number of hydrogen-bond acceptors (Lipinski definition) is 3. The van der Waals surface area contributed by atoms with E-state index in [-0.39, 0.29) is 17.2 Å². The zero-order valence-electron chi connectivity index (χ0n) is 12.2. The molecule has 0 radical (unpaired) electrons. The Morgan fingerprint density at radius 2 is 2.17 bits per heavy atom. The lowest BCUT2D eigenvalue weighted by Crippen LogP contribution is -2.56. The molecule has 0 aromatic heterocycles. The van der Waals surface area contributed by atoms with Crippen molar-refractivity contribution in [1.82, 2.24) is 0 Å². The van der Waals surface area contributed by atoms with Crippen LogP contribution in [-0.4, -0.2) is 30.5 Å². The molecule has 0 bridgehead atoms. The topological polar surface area (TPSA) is 44.5 Å². The van der Waals surface area contributed by atoms with E-state index >= 15 is 0 Å². The molecular formula is C15H29NO2. The average molecular weight is 255 g/mol. The zero-order chi connectivity index (χ0) is 13.2. The zero-order valence-corrected chi connectivity index (χ0v) is 12.2. The smallest absolute Gasteiger partial charge is 0.0804 e. The Hall–Kier alpha value is -0.120. The van der Waals surface area contributed by atoms with Crippen LogP contribution in [0.15, 0.2) is 0 Å². The Kier molecular flexibility index (Phi) is 4.35. The summed E-state index contributed by atoms with van der Waals surface area (Å²) in [5, 5.41) is 0. The molecule has 1 aliphatic heterocycles. The van der Waals surface area contributed by atoms with Crippen LogP contribution in [0.2, 0.25) is 0 Å². The molecule has 2 rings (SSSR count). The van der Waals surface area contributed by atoms with E-state index in [4.69, 9.17) is 15.2 Å². The molecule has 3 nitrogen and oxygen atoms in total. The third-order valence-electron chi connectivity index (χ3n) is 5.18. The molecule has 0 aromatic carbocycles. The Bertz CT molecular complexity index is 278. The monoisotopic (exact) mass is 255 g/mol. The standard InChI is InChI=1S/C15H29NO2/c1-4-14(3,17-5-2)13(16)12-7-10-18-15(11-12)8-6-9-15/h12-13H,4-11,16H2,1-3H3. The highest BCUT2D eigenvalue weighted by Gasteiger charge is 2.46. The second-order valence-electron chi connectivity index (χ2n) is 6.26. The molecule has 1 aliphatic carbocycles. The molecule has 0 aromatic rings. The van der Waals surface area contributed by atoms with E-state index < -0.39 is 0 Å². The first-order chi connectivity index (χ1) is 8.55. The second-order valence-corrected chi connectivity index (χ2v) is 6.26. The van der Waals surface area contributed by atoms with Gasteiger partial charge in [0.25, 0.3) is 0 Å². The Balaban J connectivity index is 2.00. The van der Waals surface area contributed by atoms with Crippen LogP contribution in [0.3, 0.4) is 0 Å². The highest BCUT2D eigenvalue weighted by Crippen LogP contribution is 2.46. The van der Waals surface area contributed by atoms with E-state index in [2.05, 4.69) is 20.8 Å². The van der Waals surface area contributed by atoms with Crippen molar-refractivity contribution in [2.24, 2.45) is 11.7 Å². The fourth-order valence-electron chi connectivity index (χ4n) is 3.55. The van der Waals surface area contributed by atoms with Crippen LogP contribution in [0, 0.1) is 5.92 Å². The minimum atomic E-state index is -0.179. The molecule has 2 aliphatic rings. The fraction of sp³-hybridized carbons (Fsp3) is 1.00. The van der Waals surface area contributed by atoms with Gasteiger partial charge in [-0.25, -0.2) is 0 Å². The van der Waals surface area contributed by atoms with Crippen molar-refractivity contribution in [3.63, 3.8) is 0 Å². The lowest BCUT2D eigenvalue weighted by molar-refractivity contribution is -0.158. The molecule has 2 N–H and O–H groups in total. The minimum Gasteiger partial charge on any atom is -0.375 e. The van der Waals surface area contributed by atoms with Crippen LogP contribution in [-0.2, 0) is 9.47 Å². The number of nitrogens with two attached hydrogens (primary N) is 1. The highest BCUT2D eigenvalue weighted by molar-refractivity contribution is 5.00. The van der Waals surface area contributed by atoms with Crippen molar-refractivity contribution in [2.75, 3.05) is 13.2 Å². The van der Waals surface area contributed by atoms with E-state index in [1.807, 2.05) is 0 Å². The van der Waals surface area contributed by atoms with Crippen LogP contribution in [0.5, 0.6) is 0 Å². The lowest BCUT2D eigenvalue weighted by atomic mass is 9.68. The van der Waals surface area contributed by atoms with Crippen molar-refractivity contribution < 1.29 is 9.47 Å². The van der Waals surface area contributed by atoms with Crippen molar-refractivity contribution in [1.29, 1.82) is 0 Å². The van der Waals surface area contributed by atoms with Crippen LogP contribution in [0.1, 0.15) is 59.3 Å². The van der Waals surface area contributed by atoms with Gasteiger partial charge in [-0.3, -0.25) is 0 Å². The van der Waals surface area contributed by atoms with E-state index in [1.54, 1.807) is 0 Å². The van der Waals surface area contributed by atoms with Gasteiger partial charge in [-0.15, -0.1) is 0 Å². The summed E-state index contributed by atoms with van der Waals surface area (Å²) in [7, 11) is 0. The van der Waals surface area contributed by atoms with Gasteiger partial charge in [0, 0.05) is 19.3 Å². The average Bonchev–Trinajstić information content (AvgIpc) is 2.36. The molecule has 1 saturated heterocycles. The fourth-order valence-corrected chi connectivity index (χ4v) is 3.55. The van der Waals surface area contributed by atoms with Gasteiger partial charge in [0.05, 0.1) is 11.2 Å². The van der Waals surface area contributed by atoms with Crippen LogP contribution in [0.4, 0.5) is 0 Å². The van der Waals surface area contributed by atoms with Gasteiger partial charge in [0.1, 0.15) is 0 Å². The normalized spacial score (nSPS) is 31.7. The third-order valence-corrected chi connectivity index (χ3v) is 5.18. The summed E-state index contributed by atoms with van der Waals surface area (Å²) in [5.74, 6) is 0.551. The largest absolute Gasteiger partial charge is 0.375 e. The summed E-state index contributed by atoms with van der Waals surface area (Å²) in [6.45, 7) is 8.02. The first kappa shape index (κ1) is 14.3. The molecule has 2 fully saturated rings. The second kappa shape index (κ2) is 5.48. The van der Waals surface area contributed by atoms with Gasteiger partial charge < -0.3 is 15.2 Å². The van der Waals surface area contributed by atoms with E-state index in [0.717, 1.165) is 32.5 Å². The molecule has 3 atom stereocenters. The summed E-state index contributed by atoms with van der Waals surface area (Å²) in [4.78, 5) is 0. The molecule has 3 heteroatoms. The summed E-state index contributed by atoms with van der Waals surface area (Å²) in [6, 6.07) is 0.129. The van der Waals surface area contributed by atoms with Gasteiger partial charge >= 0.3 is 0 Å². The summed E-state index contributed by atoms with van der Waals surface area (Å²) in [6.07, 6.45) is 6.98. The molecule has 1 saturated carbocycles. The first-order valence-corrected chi connectivity index (χ1v) is 7.59. The summed E-state index contributed by atoms with van der Waals surface area (Å²) in [5.41, 5.74) is 6.55. The van der Waals surface area contributed by atoms with Gasteiger partial charge in [0.2, 0.25) is 0 Å². The summed E-state index contributed by atoms with van der Waals surface area (Å²) < 4.78 is 11.9. The van der Waals surface area contributed by atoms with Crippen LogP contribution >= 0.6 is 0 Å². The lowest BCUT2D eigenvalue weighted by Gasteiger charge is -2.50. The molecule has 0 amide bonds. The van der Waals surface area contributed by atoms with E-state index in [0.29, 0.717) is 5.92 Å². The van der Waals surface area contributed by atoms with Crippen molar-refractivity contribution in [3.8, 4) is 0 Å². The molecule has 1 spiro atoms. The molecule has 1 heterocycles.